The van der Waals surface area contributed by atoms with Gasteiger partial charge in [-0.3, -0.25) is 9.59 Å². The molecular weight excluding hydrogens is 458 g/mol. The van der Waals surface area contributed by atoms with Crippen molar-refractivity contribution in [1.29, 1.82) is 5.26 Å². The average molecular weight is 506 g/mol. The van der Waals surface area contributed by atoms with Gasteiger partial charge < -0.3 is 4.74 Å². The number of carbonyl (C=O) groups excluding carboxylic acids is 2. The highest BCUT2D eigenvalue weighted by Gasteiger charge is 2.72. The molecule has 0 radical (unpaired) electrons. The van der Waals surface area contributed by atoms with Crippen LogP contribution in [-0.4, -0.2) is 18.4 Å². The predicted molar refractivity (Wildman–Crippen MR) is 145 cm³/mol. The second-order valence-corrected chi connectivity index (χ2v) is 14.6. The number of allylic oxidation sites excluding steroid dienone is 3. The molecule has 0 heterocycles. The van der Waals surface area contributed by atoms with E-state index in [0.717, 1.165) is 51.4 Å². The Kier molecular flexibility index (Phi) is 5.99. The maximum atomic E-state index is 13.6. The Labute approximate surface area is 224 Å². The van der Waals surface area contributed by atoms with Crippen LogP contribution in [0, 0.1) is 68.0 Å². The number of nitriles is 1. The molecule has 37 heavy (non-hydrogen) atoms. The van der Waals surface area contributed by atoms with E-state index in [0.29, 0.717) is 35.9 Å². The summed E-state index contributed by atoms with van der Waals surface area (Å²) in [6.07, 6.45) is 10.3. The van der Waals surface area contributed by atoms with Gasteiger partial charge in [0.25, 0.3) is 0 Å². The van der Waals surface area contributed by atoms with Crippen molar-refractivity contribution >= 4 is 11.8 Å². The first kappa shape index (κ1) is 26.7. The van der Waals surface area contributed by atoms with Crippen LogP contribution < -0.4 is 0 Å². The fraction of sp³-hybridized carbons (Fsp3) is 0.788. The number of hydrogen-bond acceptors (Lipinski definition) is 4. The first-order valence-electron chi connectivity index (χ1n) is 14.7. The maximum Gasteiger partial charge on any atom is 0.312 e. The third-order valence-corrected chi connectivity index (χ3v) is 13.2. The first-order valence-corrected chi connectivity index (χ1v) is 14.7. The molecule has 4 saturated carbocycles. The van der Waals surface area contributed by atoms with Gasteiger partial charge in [-0.05, 0) is 111 Å². The van der Waals surface area contributed by atoms with Gasteiger partial charge in [0.2, 0.25) is 0 Å². The highest BCUT2D eigenvalue weighted by molar-refractivity contribution is 6.04. The molecule has 5 rings (SSSR count). The minimum Gasteiger partial charge on any atom is -0.466 e. The lowest BCUT2D eigenvalue weighted by molar-refractivity contribution is -0.222. The number of ether oxygens (including phenoxy) is 1. The van der Waals surface area contributed by atoms with Crippen LogP contribution in [0.5, 0.6) is 0 Å². The highest BCUT2D eigenvalue weighted by atomic mass is 16.5. The van der Waals surface area contributed by atoms with Gasteiger partial charge in [-0.2, -0.15) is 5.26 Å². The van der Waals surface area contributed by atoms with E-state index in [1.165, 1.54) is 5.57 Å². The fourth-order valence-electron chi connectivity index (χ4n) is 11.4. The lowest BCUT2D eigenvalue weighted by Gasteiger charge is -2.71. The Balaban J connectivity index is 1.60. The van der Waals surface area contributed by atoms with Gasteiger partial charge >= 0.3 is 5.97 Å². The summed E-state index contributed by atoms with van der Waals surface area (Å²) in [6.45, 7) is 20.5. The van der Waals surface area contributed by atoms with E-state index < -0.39 is 5.41 Å². The average Bonchev–Trinajstić information content (AvgIpc) is 3.23. The van der Waals surface area contributed by atoms with E-state index in [1.54, 1.807) is 0 Å². The molecule has 0 aliphatic heterocycles. The number of hydrogen-bond donors (Lipinski definition) is 0. The Morgan fingerprint density at radius 3 is 2.35 bits per heavy atom. The van der Waals surface area contributed by atoms with Crippen molar-refractivity contribution in [2.24, 2.45) is 56.7 Å². The summed E-state index contributed by atoms with van der Waals surface area (Å²) in [4.78, 5) is 26.8. The van der Waals surface area contributed by atoms with Gasteiger partial charge in [0.05, 0.1) is 17.6 Å². The number of rotatable bonds is 3. The number of fused-ring (bicyclic) bond motifs is 7. The molecule has 1 unspecified atom stereocenters. The predicted octanol–water partition coefficient (Wildman–Crippen LogP) is 7.45. The zero-order valence-corrected chi connectivity index (χ0v) is 24.2. The standard InChI is InChI=1S/C33H47NO3/c1-9-37-28(36)33-15-12-22(20(2)3)26(33)23-10-11-25-30(6)18-21(19-34)27(35)29(4,5)24(30)13-14-32(25,8)31(23,7)16-17-33/h18,22-26H,2,9-17H2,1,3-8H3/t22-,23?,24-,25+,26+,30-,31+,32+,33-/m0/s1. The SMILES string of the molecule is C=C(C)[C@@H]1CC[C@]2(C(=O)OCC)CC[C@]3(C)C(CC[C@@H]4[C@@]5(C)C=C(C#N)C(=O)C(C)(C)[C@@H]5CC[C@]43C)[C@@H]12. The zero-order chi connectivity index (χ0) is 27.2. The maximum absolute atomic E-state index is 13.6. The van der Waals surface area contributed by atoms with Crippen LogP contribution in [-0.2, 0) is 14.3 Å². The van der Waals surface area contributed by atoms with Gasteiger partial charge in [-0.15, -0.1) is 0 Å². The molecule has 202 valence electrons. The van der Waals surface area contributed by atoms with E-state index in [1.807, 2.05) is 6.92 Å². The van der Waals surface area contributed by atoms with E-state index in [9.17, 15) is 14.9 Å². The topological polar surface area (TPSA) is 67.2 Å². The summed E-state index contributed by atoms with van der Waals surface area (Å²) >= 11 is 0. The van der Waals surface area contributed by atoms with Crippen LogP contribution in [0.15, 0.2) is 23.8 Å². The molecule has 4 fully saturated rings. The summed E-state index contributed by atoms with van der Waals surface area (Å²) in [7, 11) is 0. The molecule has 5 aliphatic rings. The summed E-state index contributed by atoms with van der Waals surface area (Å²) < 4.78 is 5.76. The van der Waals surface area contributed by atoms with Gasteiger partial charge in [-0.1, -0.05) is 52.8 Å². The summed E-state index contributed by atoms with van der Waals surface area (Å²) in [6, 6.07) is 2.27. The lowest BCUT2D eigenvalue weighted by Crippen LogP contribution is -2.66. The number of esters is 1. The Hall–Kier alpha value is -1.89. The molecule has 4 nitrogen and oxygen atoms in total. The Bertz CT molecular complexity index is 1110. The molecule has 0 aromatic rings. The van der Waals surface area contributed by atoms with E-state index in [2.05, 4.69) is 60.3 Å². The van der Waals surface area contributed by atoms with Crippen molar-refractivity contribution < 1.29 is 14.3 Å². The summed E-state index contributed by atoms with van der Waals surface area (Å²) in [5.41, 5.74) is 0.687. The number of Topliss-reactive ketones (excluding diaryl/α,β-unsaturated/α-hetero) is 1. The molecule has 0 N–H and O–H groups in total. The summed E-state index contributed by atoms with van der Waals surface area (Å²) in [5.74, 6) is 1.83. The largest absolute Gasteiger partial charge is 0.466 e. The summed E-state index contributed by atoms with van der Waals surface area (Å²) in [5, 5.41) is 9.91. The van der Waals surface area contributed by atoms with Crippen molar-refractivity contribution in [3.05, 3.63) is 23.8 Å². The molecule has 9 atom stereocenters. The fourth-order valence-corrected chi connectivity index (χ4v) is 11.4. The second-order valence-electron chi connectivity index (χ2n) is 14.6. The van der Waals surface area contributed by atoms with Crippen LogP contribution in [0.4, 0.5) is 0 Å². The van der Waals surface area contributed by atoms with E-state index in [4.69, 9.17) is 4.74 Å². The van der Waals surface area contributed by atoms with E-state index in [-0.39, 0.29) is 39.3 Å². The monoisotopic (exact) mass is 505 g/mol. The molecule has 0 aromatic carbocycles. The smallest absolute Gasteiger partial charge is 0.312 e. The van der Waals surface area contributed by atoms with Crippen LogP contribution in [0.1, 0.15) is 99.8 Å². The van der Waals surface area contributed by atoms with Gasteiger partial charge in [-0.25, -0.2) is 0 Å². The number of ketones is 1. The van der Waals surface area contributed by atoms with Gasteiger partial charge in [0.1, 0.15) is 6.07 Å². The third-order valence-electron chi connectivity index (χ3n) is 13.2. The quantitative estimate of drug-likeness (QED) is 0.295. The van der Waals surface area contributed by atoms with Gasteiger partial charge in [0.15, 0.2) is 5.78 Å². The number of nitrogens with zero attached hydrogens (tertiary/aromatic N) is 1. The molecule has 0 spiro atoms. The van der Waals surface area contributed by atoms with Crippen LogP contribution >= 0.6 is 0 Å². The molecular formula is C33H47NO3. The third kappa shape index (κ3) is 3.18. The van der Waals surface area contributed by atoms with E-state index >= 15 is 0 Å². The van der Waals surface area contributed by atoms with Crippen molar-refractivity contribution in [3.63, 3.8) is 0 Å². The van der Waals surface area contributed by atoms with Crippen LogP contribution in [0.3, 0.4) is 0 Å². The lowest BCUT2D eigenvalue weighted by atomic mass is 9.32. The minimum absolute atomic E-state index is 0.0214. The molecule has 5 aliphatic carbocycles. The second kappa shape index (κ2) is 8.30. The molecule has 0 bridgehead atoms. The van der Waals surface area contributed by atoms with Gasteiger partial charge in [0, 0.05) is 5.41 Å². The van der Waals surface area contributed by atoms with Crippen molar-refractivity contribution in [2.45, 2.75) is 99.8 Å². The Morgan fingerprint density at radius 2 is 1.73 bits per heavy atom. The van der Waals surface area contributed by atoms with Crippen molar-refractivity contribution in [2.75, 3.05) is 6.61 Å². The zero-order valence-electron chi connectivity index (χ0n) is 24.2. The normalized spacial score (nSPS) is 47.9. The minimum atomic E-state index is -0.518. The molecule has 4 heteroatoms. The molecule has 0 aromatic heterocycles. The van der Waals surface area contributed by atoms with Crippen molar-refractivity contribution in [3.8, 4) is 6.07 Å². The van der Waals surface area contributed by atoms with Crippen LogP contribution in [0.25, 0.3) is 0 Å². The highest BCUT2D eigenvalue weighted by Crippen LogP contribution is 2.77. The first-order chi connectivity index (χ1) is 17.2. The molecule has 0 saturated heterocycles. The Morgan fingerprint density at radius 1 is 1.03 bits per heavy atom. The molecule has 0 amide bonds. The van der Waals surface area contributed by atoms with Crippen molar-refractivity contribution in [1.82, 2.24) is 0 Å². The number of carbonyl (C=O) groups is 2. The van der Waals surface area contributed by atoms with Crippen LogP contribution in [0.2, 0.25) is 0 Å².